The monoisotopic (exact) mass is 400 g/mol. The van der Waals surface area contributed by atoms with E-state index >= 15 is 0 Å². The second-order valence-electron chi connectivity index (χ2n) is 6.40. The predicted molar refractivity (Wildman–Crippen MR) is 115 cm³/mol. The Morgan fingerprint density at radius 3 is 2.68 bits per heavy atom. The minimum Gasteiger partial charge on any atom is -0.353 e. The molecule has 1 heterocycles. The maximum atomic E-state index is 12.2. The van der Waals surface area contributed by atoms with Gasteiger partial charge in [-0.15, -0.1) is 0 Å². The molecule has 0 unspecified atom stereocenters. The molecule has 1 fully saturated rings. The van der Waals surface area contributed by atoms with Crippen molar-refractivity contribution in [2.45, 2.75) is 12.8 Å². The first kappa shape index (κ1) is 20.0. The van der Waals surface area contributed by atoms with Crippen LogP contribution in [0.3, 0.4) is 0 Å². The second-order valence-corrected chi connectivity index (χ2v) is 7.31. The van der Waals surface area contributed by atoms with Crippen molar-refractivity contribution < 1.29 is 9.59 Å². The Morgan fingerprint density at radius 2 is 2.04 bits per heavy atom. The number of nitrogens with zero attached hydrogens (tertiary/aromatic N) is 2. The fourth-order valence-corrected chi connectivity index (χ4v) is 3.08. The molecule has 4 N–H and O–H groups in total. The average Bonchev–Trinajstić information content (AvgIpc) is 3.53. The Bertz CT molecular complexity index is 871. The fourth-order valence-electron chi connectivity index (χ4n) is 2.73. The van der Waals surface area contributed by atoms with Crippen molar-refractivity contribution in [3.8, 4) is 0 Å². The number of carbonyl (C=O) groups excluding carboxylic acids is 2. The van der Waals surface area contributed by atoms with Crippen molar-refractivity contribution in [2.75, 3.05) is 40.7 Å². The van der Waals surface area contributed by atoms with Gasteiger partial charge in [0.05, 0.1) is 22.6 Å². The molecule has 8 nitrogen and oxygen atoms in total. The third-order valence-electron chi connectivity index (χ3n) is 4.41. The Morgan fingerprint density at radius 1 is 1.29 bits per heavy atom. The molecule has 2 aromatic rings. The van der Waals surface area contributed by atoms with Gasteiger partial charge in [0.25, 0.3) is 0 Å². The molecule has 1 amide bonds. The van der Waals surface area contributed by atoms with Crippen molar-refractivity contribution in [3.63, 3.8) is 0 Å². The van der Waals surface area contributed by atoms with Crippen LogP contribution in [0.4, 0.5) is 28.7 Å². The van der Waals surface area contributed by atoms with E-state index < -0.39 is 0 Å². The highest BCUT2D eigenvalue weighted by atomic mass is 32.2. The Kier molecular flexibility index (Phi) is 6.37. The lowest BCUT2D eigenvalue weighted by Gasteiger charge is -2.21. The molecule has 1 aromatic carbocycles. The van der Waals surface area contributed by atoms with E-state index in [1.807, 2.05) is 41.9 Å². The summed E-state index contributed by atoms with van der Waals surface area (Å²) in [6.07, 6.45) is 4.53. The molecular weight excluding hydrogens is 376 g/mol. The van der Waals surface area contributed by atoms with Gasteiger partial charge in [0.2, 0.25) is 5.91 Å². The zero-order valence-corrected chi connectivity index (χ0v) is 16.9. The molecule has 0 bridgehead atoms. The van der Waals surface area contributed by atoms with Crippen molar-refractivity contribution in [3.05, 3.63) is 35.9 Å². The number of nitrogens with one attached hydrogen (secondary N) is 4. The average molecular weight is 401 g/mol. The van der Waals surface area contributed by atoms with Gasteiger partial charge in [0.15, 0.2) is 12.1 Å². The zero-order valence-electron chi connectivity index (χ0n) is 16.1. The molecular formula is C19H24N6O2S. The van der Waals surface area contributed by atoms with Crippen LogP contribution in [-0.2, 0) is 4.79 Å². The third-order valence-corrected chi connectivity index (χ3v) is 5.15. The van der Waals surface area contributed by atoms with Gasteiger partial charge >= 0.3 is 0 Å². The maximum absolute atomic E-state index is 12.2. The van der Waals surface area contributed by atoms with Crippen LogP contribution in [-0.4, -0.2) is 37.5 Å². The molecule has 0 radical (unpaired) electrons. The van der Waals surface area contributed by atoms with Crippen molar-refractivity contribution in [2.24, 2.45) is 5.92 Å². The fraction of sp³-hybridized carbons (Fsp3) is 0.316. The highest BCUT2D eigenvalue weighted by Gasteiger charge is 2.30. The van der Waals surface area contributed by atoms with Gasteiger partial charge in [0, 0.05) is 32.3 Å². The van der Waals surface area contributed by atoms with E-state index in [2.05, 4.69) is 26.5 Å². The molecule has 0 saturated heterocycles. The highest BCUT2D eigenvalue weighted by molar-refractivity contribution is 7.99. The van der Waals surface area contributed by atoms with E-state index in [0.29, 0.717) is 22.9 Å². The van der Waals surface area contributed by atoms with Crippen LogP contribution in [0.1, 0.15) is 23.2 Å². The number of aldehydes is 1. The number of hydrogen-bond acceptors (Lipinski definition) is 8. The summed E-state index contributed by atoms with van der Waals surface area (Å²) >= 11 is 1.58. The van der Waals surface area contributed by atoms with Crippen LogP contribution in [0.25, 0.3) is 0 Å². The summed E-state index contributed by atoms with van der Waals surface area (Å²) in [6, 6.07) is 9.48. The Balaban J connectivity index is 1.99. The standard InChI is InChI=1S/C19H24N6O2S/c1-20-24-18-13(11-26)15(10-17(22-18)23-19(27)12-8-9-12)21-14-6-4-5-7-16(14)25(2)28-3/h4-7,10-12,20H,8-9H2,1-3H3,(H3,21,22,23,24,27). The molecule has 1 saturated carbocycles. The summed E-state index contributed by atoms with van der Waals surface area (Å²) in [4.78, 5) is 28.3. The van der Waals surface area contributed by atoms with Gasteiger partial charge in [-0.3, -0.25) is 9.59 Å². The zero-order chi connectivity index (χ0) is 20.1. The van der Waals surface area contributed by atoms with Crippen LogP contribution in [0.15, 0.2) is 30.3 Å². The Labute approximate surface area is 168 Å². The number of hydrogen-bond donors (Lipinski definition) is 4. The van der Waals surface area contributed by atoms with E-state index in [1.165, 1.54) is 0 Å². The SMILES string of the molecule is CNNc1nc(NC(=O)C2CC2)cc(Nc2ccccc2N(C)SC)c1C=O. The number of rotatable bonds is 9. The first-order valence-electron chi connectivity index (χ1n) is 8.95. The molecule has 0 aliphatic heterocycles. The summed E-state index contributed by atoms with van der Waals surface area (Å²) in [5.74, 6) is 0.735. The lowest BCUT2D eigenvalue weighted by Crippen LogP contribution is -2.20. The van der Waals surface area contributed by atoms with E-state index in [9.17, 15) is 9.59 Å². The van der Waals surface area contributed by atoms with Crippen LogP contribution < -0.4 is 25.8 Å². The molecule has 1 aliphatic carbocycles. The molecule has 3 rings (SSSR count). The van der Waals surface area contributed by atoms with Crippen LogP contribution in [0, 0.1) is 5.92 Å². The lowest BCUT2D eigenvalue weighted by atomic mass is 10.2. The Hall–Kier alpha value is -2.78. The van der Waals surface area contributed by atoms with Crippen molar-refractivity contribution in [1.29, 1.82) is 0 Å². The van der Waals surface area contributed by atoms with E-state index in [-0.39, 0.29) is 11.8 Å². The smallest absolute Gasteiger partial charge is 0.228 e. The van der Waals surface area contributed by atoms with Gasteiger partial charge in [-0.05, 0) is 25.0 Å². The number of amides is 1. The molecule has 1 aliphatic rings. The first-order valence-corrected chi connectivity index (χ1v) is 10.1. The topological polar surface area (TPSA) is 98.4 Å². The number of benzene rings is 1. The van der Waals surface area contributed by atoms with Crippen LogP contribution in [0.2, 0.25) is 0 Å². The van der Waals surface area contributed by atoms with Crippen molar-refractivity contribution in [1.82, 2.24) is 10.4 Å². The number of carbonyl (C=O) groups is 2. The molecule has 9 heteroatoms. The maximum Gasteiger partial charge on any atom is 0.228 e. The number of aromatic nitrogens is 1. The van der Waals surface area contributed by atoms with E-state index in [4.69, 9.17) is 0 Å². The quantitative estimate of drug-likeness (QED) is 0.289. The third kappa shape index (κ3) is 4.55. The highest BCUT2D eigenvalue weighted by Crippen LogP contribution is 2.35. The largest absolute Gasteiger partial charge is 0.353 e. The van der Waals surface area contributed by atoms with Crippen LogP contribution in [0.5, 0.6) is 0 Å². The summed E-state index contributed by atoms with van der Waals surface area (Å²) < 4.78 is 2.02. The molecule has 1 aromatic heterocycles. The number of hydrazine groups is 1. The summed E-state index contributed by atoms with van der Waals surface area (Å²) in [7, 11) is 3.65. The molecule has 0 spiro atoms. The number of pyridine rings is 1. The number of para-hydroxylation sites is 2. The minimum absolute atomic E-state index is 0.0461. The molecule has 28 heavy (non-hydrogen) atoms. The van der Waals surface area contributed by atoms with Gasteiger partial charge in [-0.1, -0.05) is 24.1 Å². The summed E-state index contributed by atoms with van der Waals surface area (Å²) in [5, 5.41) is 6.16. The second kappa shape index (κ2) is 8.94. The lowest BCUT2D eigenvalue weighted by molar-refractivity contribution is -0.117. The first-order chi connectivity index (χ1) is 13.6. The van der Waals surface area contributed by atoms with Gasteiger partial charge in [0.1, 0.15) is 5.82 Å². The summed E-state index contributed by atoms with van der Waals surface area (Å²) in [6.45, 7) is 0. The molecule has 148 valence electrons. The minimum atomic E-state index is -0.0461. The van der Waals surface area contributed by atoms with Crippen molar-refractivity contribution >= 4 is 52.8 Å². The van der Waals surface area contributed by atoms with E-state index in [0.717, 1.165) is 30.5 Å². The van der Waals surface area contributed by atoms with Gasteiger partial charge in [-0.25, -0.2) is 10.4 Å². The molecule has 0 atom stereocenters. The van der Waals surface area contributed by atoms with Gasteiger partial charge in [-0.2, -0.15) is 0 Å². The summed E-state index contributed by atoms with van der Waals surface area (Å²) in [5.41, 5.74) is 8.36. The van der Waals surface area contributed by atoms with E-state index in [1.54, 1.807) is 25.1 Å². The van der Waals surface area contributed by atoms with Gasteiger partial charge < -0.3 is 20.4 Å². The normalized spacial score (nSPS) is 13.0. The van der Waals surface area contributed by atoms with Crippen LogP contribution >= 0.6 is 11.9 Å². The predicted octanol–water partition coefficient (Wildman–Crippen LogP) is 3.25. The number of anilines is 5.